The van der Waals surface area contributed by atoms with Gasteiger partial charge in [0.05, 0.1) is 23.5 Å². The van der Waals surface area contributed by atoms with Crippen LogP contribution in [0.2, 0.25) is 5.02 Å². The lowest BCUT2D eigenvalue weighted by atomic mass is 10.1. The topological polar surface area (TPSA) is 114 Å². The number of carbonyl (C=O) groups excluding carboxylic acids is 2. The van der Waals surface area contributed by atoms with Gasteiger partial charge < -0.3 is 20.1 Å². The summed E-state index contributed by atoms with van der Waals surface area (Å²) in [5, 5.41) is 13.1. The molecular formula is C34H30ClN5O4S. The van der Waals surface area contributed by atoms with Gasteiger partial charge >= 0.3 is 0 Å². The lowest BCUT2D eigenvalue weighted by Gasteiger charge is -2.14. The molecule has 2 amide bonds. The molecule has 1 heterocycles. The zero-order chi connectivity index (χ0) is 31.6. The number of nitrogens with zero attached hydrogens (tertiary/aromatic N) is 2. The number of hydrogen-bond acceptors (Lipinski definition) is 8. The number of thiazole rings is 1. The number of amides is 2. The largest absolute Gasteiger partial charge is 0.490 e. The fourth-order valence-corrected chi connectivity index (χ4v) is 5.27. The summed E-state index contributed by atoms with van der Waals surface area (Å²) in [5.41, 5.74) is 7.90. The summed E-state index contributed by atoms with van der Waals surface area (Å²) < 4.78 is 11.4. The van der Waals surface area contributed by atoms with Crippen molar-refractivity contribution in [1.82, 2.24) is 10.4 Å². The summed E-state index contributed by atoms with van der Waals surface area (Å²) in [5.74, 6) is -0.127. The molecule has 11 heteroatoms. The highest BCUT2D eigenvalue weighted by Crippen LogP contribution is 2.36. The van der Waals surface area contributed by atoms with E-state index in [1.807, 2.05) is 79.9 Å². The van der Waals surface area contributed by atoms with Gasteiger partial charge in [-0.1, -0.05) is 54.1 Å². The van der Waals surface area contributed by atoms with Crippen LogP contribution < -0.4 is 25.5 Å². The number of rotatable bonds is 12. The van der Waals surface area contributed by atoms with E-state index in [0.29, 0.717) is 29.2 Å². The number of aryl methyl sites for hydroxylation is 1. The van der Waals surface area contributed by atoms with E-state index in [1.165, 1.54) is 17.6 Å². The standard InChI is InChI=1S/C34H30ClN5O4S/c1-3-43-30-18-23(17-28(35)32(30)44-20-31(41)37-27-11-7-8-22(2)16-27)19-36-40-33(42)25-14-12-24(13-15-25)29-21-45-34(39-29)38-26-9-5-4-6-10-26/h4-19,21H,3,20H2,1-2H3,(H,37,41)(H,38,39)(H,40,42)/b36-19+. The Balaban J connectivity index is 1.17. The van der Waals surface area contributed by atoms with Gasteiger partial charge in [0.15, 0.2) is 23.2 Å². The van der Waals surface area contributed by atoms with Crippen LogP contribution in [0, 0.1) is 6.92 Å². The first kappa shape index (κ1) is 31.2. The Morgan fingerprint density at radius 1 is 0.956 bits per heavy atom. The van der Waals surface area contributed by atoms with Crippen LogP contribution in [0.1, 0.15) is 28.4 Å². The Bertz CT molecular complexity index is 1810. The summed E-state index contributed by atoms with van der Waals surface area (Å²) in [6, 6.07) is 27.7. The molecule has 0 saturated carbocycles. The average Bonchev–Trinajstić information content (AvgIpc) is 3.50. The third-order valence-electron chi connectivity index (χ3n) is 6.33. The fourth-order valence-electron chi connectivity index (χ4n) is 4.25. The van der Waals surface area contributed by atoms with E-state index in [9.17, 15) is 9.59 Å². The highest BCUT2D eigenvalue weighted by molar-refractivity contribution is 7.14. The number of carbonyl (C=O) groups is 2. The van der Waals surface area contributed by atoms with Crippen molar-refractivity contribution in [1.29, 1.82) is 0 Å². The van der Waals surface area contributed by atoms with Gasteiger partial charge in [0.2, 0.25) is 0 Å². The normalized spacial score (nSPS) is 10.8. The van der Waals surface area contributed by atoms with E-state index in [2.05, 4.69) is 26.1 Å². The molecule has 0 unspecified atom stereocenters. The molecule has 3 N–H and O–H groups in total. The number of nitrogens with one attached hydrogen (secondary N) is 3. The summed E-state index contributed by atoms with van der Waals surface area (Å²) in [7, 11) is 0. The first-order chi connectivity index (χ1) is 21.9. The molecule has 0 atom stereocenters. The molecule has 0 aliphatic carbocycles. The SMILES string of the molecule is CCOc1cc(/C=N/NC(=O)c2ccc(-c3csc(Nc4ccccc4)n3)cc2)cc(Cl)c1OCC(=O)Nc1cccc(C)c1. The monoisotopic (exact) mass is 639 g/mol. The minimum Gasteiger partial charge on any atom is -0.490 e. The molecule has 0 aliphatic heterocycles. The molecule has 228 valence electrons. The van der Waals surface area contributed by atoms with Gasteiger partial charge in [0.1, 0.15) is 0 Å². The minimum absolute atomic E-state index is 0.233. The molecular weight excluding hydrogens is 610 g/mol. The van der Waals surface area contributed by atoms with Crippen LogP contribution in [-0.4, -0.2) is 36.2 Å². The maximum absolute atomic E-state index is 12.7. The summed E-state index contributed by atoms with van der Waals surface area (Å²) >= 11 is 7.99. The quantitative estimate of drug-likeness (QED) is 0.0952. The molecule has 0 saturated heterocycles. The zero-order valence-corrected chi connectivity index (χ0v) is 26.1. The Hall–Kier alpha value is -5.19. The molecule has 0 bridgehead atoms. The van der Waals surface area contributed by atoms with Crippen LogP contribution in [0.15, 0.2) is 101 Å². The fraction of sp³-hybridized carbons (Fsp3) is 0.118. The molecule has 5 aromatic rings. The number of benzene rings is 4. The van der Waals surface area contributed by atoms with E-state index in [0.717, 1.165) is 27.6 Å². The second kappa shape index (κ2) is 15.0. The first-order valence-electron chi connectivity index (χ1n) is 14.0. The molecule has 9 nitrogen and oxygen atoms in total. The zero-order valence-electron chi connectivity index (χ0n) is 24.5. The number of anilines is 3. The third-order valence-corrected chi connectivity index (χ3v) is 7.37. The molecule has 0 spiro atoms. The molecule has 45 heavy (non-hydrogen) atoms. The predicted octanol–water partition coefficient (Wildman–Crippen LogP) is 7.70. The Morgan fingerprint density at radius 3 is 2.49 bits per heavy atom. The van der Waals surface area contributed by atoms with Crippen LogP contribution in [0.5, 0.6) is 11.5 Å². The van der Waals surface area contributed by atoms with Crippen LogP contribution >= 0.6 is 22.9 Å². The van der Waals surface area contributed by atoms with Crippen molar-refractivity contribution in [2.75, 3.05) is 23.8 Å². The van der Waals surface area contributed by atoms with Gasteiger partial charge in [0.25, 0.3) is 11.8 Å². The van der Waals surface area contributed by atoms with Crippen LogP contribution in [-0.2, 0) is 4.79 Å². The number of hydrazone groups is 1. The number of para-hydroxylation sites is 1. The van der Waals surface area contributed by atoms with Gasteiger partial charge in [0, 0.05) is 27.9 Å². The number of halogens is 1. The van der Waals surface area contributed by atoms with Crippen molar-refractivity contribution in [3.63, 3.8) is 0 Å². The lowest BCUT2D eigenvalue weighted by molar-refractivity contribution is -0.118. The lowest BCUT2D eigenvalue weighted by Crippen LogP contribution is -2.20. The Kier molecular flexibility index (Phi) is 10.4. The Labute approximate surface area is 269 Å². The van der Waals surface area contributed by atoms with Gasteiger partial charge in [-0.3, -0.25) is 9.59 Å². The molecule has 1 aromatic heterocycles. The van der Waals surface area contributed by atoms with E-state index in [1.54, 1.807) is 30.3 Å². The summed E-state index contributed by atoms with van der Waals surface area (Å²) in [6.45, 7) is 3.85. The second-order valence-corrected chi connectivity index (χ2v) is 11.0. The van der Waals surface area contributed by atoms with Crippen molar-refractivity contribution in [3.8, 4) is 22.8 Å². The van der Waals surface area contributed by atoms with E-state index < -0.39 is 0 Å². The number of aromatic nitrogens is 1. The number of ether oxygens (including phenoxy) is 2. The van der Waals surface area contributed by atoms with Crippen LogP contribution in [0.4, 0.5) is 16.5 Å². The van der Waals surface area contributed by atoms with Crippen molar-refractivity contribution >= 4 is 57.5 Å². The first-order valence-corrected chi connectivity index (χ1v) is 15.3. The smallest absolute Gasteiger partial charge is 0.271 e. The highest BCUT2D eigenvalue weighted by atomic mass is 35.5. The number of hydrogen-bond donors (Lipinski definition) is 3. The van der Waals surface area contributed by atoms with Crippen molar-refractivity contribution in [2.45, 2.75) is 13.8 Å². The van der Waals surface area contributed by atoms with Crippen LogP contribution in [0.25, 0.3) is 11.3 Å². The summed E-state index contributed by atoms with van der Waals surface area (Å²) in [6.07, 6.45) is 1.45. The highest BCUT2D eigenvalue weighted by Gasteiger charge is 2.15. The van der Waals surface area contributed by atoms with Gasteiger partial charge in [-0.15, -0.1) is 11.3 Å². The van der Waals surface area contributed by atoms with E-state index in [-0.39, 0.29) is 29.2 Å². The second-order valence-electron chi connectivity index (χ2n) is 9.77. The van der Waals surface area contributed by atoms with Crippen molar-refractivity contribution in [3.05, 3.63) is 118 Å². The molecule has 0 fully saturated rings. The van der Waals surface area contributed by atoms with Crippen LogP contribution in [0.3, 0.4) is 0 Å². The minimum atomic E-state index is -0.377. The van der Waals surface area contributed by atoms with E-state index in [4.69, 9.17) is 21.1 Å². The molecule has 0 aliphatic rings. The van der Waals surface area contributed by atoms with Crippen molar-refractivity contribution < 1.29 is 19.1 Å². The maximum Gasteiger partial charge on any atom is 0.271 e. The molecule has 5 rings (SSSR count). The third kappa shape index (κ3) is 8.69. The molecule has 0 radical (unpaired) electrons. The van der Waals surface area contributed by atoms with Gasteiger partial charge in [-0.2, -0.15) is 5.10 Å². The van der Waals surface area contributed by atoms with E-state index >= 15 is 0 Å². The molecule has 4 aromatic carbocycles. The maximum atomic E-state index is 12.7. The average molecular weight is 640 g/mol. The van der Waals surface area contributed by atoms with Crippen molar-refractivity contribution in [2.24, 2.45) is 5.10 Å². The predicted molar refractivity (Wildman–Crippen MR) is 180 cm³/mol. The Morgan fingerprint density at radius 2 is 1.73 bits per heavy atom. The summed E-state index contributed by atoms with van der Waals surface area (Å²) in [4.78, 5) is 29.8. The van der Waals surface area contributed by atoms with Gasteiger partial charge in [-0.05, 0) is 73.5 Å². The van der Waals surface area contributed by atoms with Gasteiger partial charge in [-0.25, -0.2) is 10.4 Å².